The van der Waals surface area contributed by atoms with Gasteiger partial charge in [0.2, 0.25) is 0 Å². The molecule has 0 aromatic heterocycles. The summed E-state index contributed by atoms with van der Waals surface area (Å²) in [6.07, 6.45) is 6.10. The Labute approximate surface area is 98.5 Å². The van der Waals surface area contributed by atoms with Gasteiger partial charge in [0.05, 0.1) is 5.75 Å². The maximum absolute atomic E-state index is 11.2. The first-order valence-corrected chi connectivity index (χ1v) is 7.54. The fourth-order valence-corrected chi connectivity index (χ4v) is 2.34. The Morgan fingerprint density at radius 2 is 1.56 bits per heavy atom. The molecule has 0 aliphatic rings. The van der Waals surface area contributed by atoms with Crippen LogP contribution in [0.4, 0.5) is 0 Å². The minimum absolute atomic E-state index is 0.0507. The van der Waals surface area contributed by atoms with E-state index in [1.807, 2.05) is 0 Å². The summed E-state index contributed by atoms with van der Waals surface area (Å²) in [4.78, 5) is 10.8. The summed E-state index contributed by atoms with van der Waals surface area (Å²) >= 11 is 0. The summed E-state index contributed by atoms with van der Waals surface area (Å²) < 4.78 is 26.8. The van der Waals surface area contributed by atoms with Crippen molar-refractivity contribution in [3.8, 4) is 0 Å². The third-order valence-electron chi connectivity index (χ3n) is 2.26. The van der Waals surface area contributed by atoms with Crippen LogP contribution in [0.2, 0.25) is 0 Å². The van der Waals surface area contributed by atoms with E-state index in [0.29, 0.717) is 6.42 Å². The standard InChI is InChI=1S/C11H22O4S/c1-3-5-6-7-8-9-10-16(13,14)15-11(12)4-2/h3-10H2,1-2H3. The molecule has 0 rings (SSSR count). The molecule has 0 unspecified atom stereocenters. The SMILES string of the molecule is CCCCCCCCS(=O)(=O)OC(=O)CC. The van der Waals surface area contributed by atoms with Crippen LogP contribution >= 0.6 is 0 Å². The third kappa shape index (κ3) is 8.71. The molecule has 0 heterocycles. The highest BCUT2D eigenvalue weighted by Gasteiger charge is 2.14. The van der Waals surface area contributed by atoms with Crippen LogP contribution in [0, 0.1) is 0 Å². The summed E-state index contributed by atoms with van der Waals surface area (Å²) in [5, 5.41) is 0. The number of hydrogen-bond acceptors (Lipinski definition) is 4. The second kappa shape index (κ2) is 8.56. The minimum Gasteiger partial charge on any atom is -0.346 e. The van der Waals surface area contributed by atoms with Gasteiger partial charge in [0.25, 0.3) is 0 Å². The molecule has 0 radical (unpaired) electrons. The highest BCUT2D eigenvalue weighted by molar-refractivity contribution is 7.87. The van der Waals surface area contributed by atoms with Crippen LogP contribution in [0.25, 0.3) is 0 Å². The molecule has 0 spiro atoms. The third-order valence-corrected chi connectivity index (χ3v) is 3.48. The van der Waals surface area contributed by atoms with Crippen molar-refractivity contribution in [2.24, 2.45) is 0 Å². The predicted octanol–water partition coefficient (Wildman–Crippen LogP) is 2.63. The van der Waals surface area contributed by atoms with Crippen LogP contribution in [0.5, 0.6) is 0 Å². The van der Waals surface area contributed by atoms with Crippen LogP contribution in [0.3, 0.4) is 0 Å². The predicted molar refractivity (Wildman–Crippen MR) is 63.5 cm³/mol. The molecule has 96 valence electrons. The first-order chi connectivity index (χ1) is 7.52. The molecule has 0 saturated heterocycles. The van der Waals surface area contributed by atoms with Gasteiger partial charge in [-0.3, -0.25) is 4.79 Å². The van der Waals surface area contributed by atoms with Gasteiger partial charge >= 0.3 is 16.1 Å². The van der Waals surface area contributed by atoms with E-state index in [9.17, 15) is 13.2 Å². The van der Waals surface area contributed by atoms with Crippen LogP contribution in [-0.2, 0) is 19.1 Å². The fraction of sp³-hybridized carbons (Fsp3) is 0.909. The highest BCUT2D eigenvalue weighted by Crippen LogP contribution is 2.07. The van der Waals surface area contributed by atoms with E-state index in [0.717, 1.165) is 19.3 Å². The summed E-state index contributed by atoms with van der Waals surface area (Å²) in [7, 11) is -3.64. The van der Waals surface area contributed by atoms with E-state index >= 15 is 0 Å². The average molecular weight is 250 g/mol. The van der Waals surface area contributed by atoms with Crippen molar-refractivity contribution in [2.75, 3.05) is 5.75 Å². The number of unbranched alkanes of at least 4 members (excludes halogenated alkanes) is 5. The second-order valence-corrected chi connectivity index (χ2v) is 5.53. The molecule has 0 saturated carbocycles. The zero-order valence-corrected chi connectivity index (χ0v) is 11.0. The first-order valence-electron chi connectivity index (χ1n) is 5.96. The molecule has 0 N–H and O–H groups in total. The van der Waals surface area contributed by atoms with Crippen LogP contribution < -0.4 is 0 Å². The Morgan fingerprint density at radius 1 is 1.00 bits per heavy atom. The maximum atomic E-state index is 11.2. The molecule has 0 fully saturated rings. The van der Waals surface area contributed by atoms with Gasteiger partial charge in [0, 0.05) is 6.42 Å². The number of hydrogen-bond donors (Lipinski definition) is 0. The molecule has 4 nitrogen and oxygen atoms in total. The lowest BCUT2D eigenvalue weighted by Gasteiger charge is -2.04. The van der Waals surface area contributed by atoms with Crippen molar-refractivity contribution in [1.29, 1.82) is 0 Å². The number of rotatable bonds is 9. The molecule has 16 heavy (non-hydrogen) atoms. The van der Waals surface area contributed by atoms with Gasteiger partial charge in [0.1, 0.15) is 0 Å². The fourth-order valence-electron chi connectivity index (χ4n) is 1.30. The molecular formula is C11H22O4S. The normalized spacial score (nSPS) is 11.4. The lowest BCUT2D eigenvalue weighted by molar-refractivity contribution is -0.133. The van der Waals surface area contributed by atoms with Gasteiger partial charge in [-0.25, -0.2) is 0 Å². The average Bonchev–Trinajstić information content (AvgIpc) is 2.22. The van der Waals surface area contributed by atoms with E-state index < -0.39 is 16.1 Å². The van der Waals surface area contributed by atoms with E-state index in [-0.39, 0.29) is 12.2 Å². The zero-order valence-electron chi connectivity index (χ0n) is 10.2. The van der Waals surface area contributed by atoms with Crippen molar-refractivity contribution in [3.63, 3.8) is 0 Å². The molecule has 0 bridgehead atoms. The summed E-state index contributed by atoms with van der Waals surface area (Å²) in [6, 6.07) is 0. The van der Waals surface area contributed by atoms with Gasteiger partial charge < -0.3 is 4.18 Å². The van der Waals surface area contributed by atoms with E-state index in [1.165, 1.54) is 12.8 Å². The first kappa shape index (κ1) is 15.4. The van der Waals surface area contributed by atoms with Crippen LogP contribution in [-0.4, -0.2) is 20.1 Å². The van der Waals surface area contributed by atoms with Gasteiger partial charge in [-0.1, -0.05) is 46.0 Å². The summed E-state index contributed by atoms with van der Waals surface area (Å²) in [5.41, 5.74) is 0. The maximum Gasteiger partial charge on any atom is 0.321 e. The van der Waals surface area contributed by atoms with Crippen molar-refractivity contribution >= 4 is 16.1 Å². The quantitative estimate of drug-likeness (QED) is 0.466. The Morgan fingerprint density at radius 3 is 2.12 bits per heavy atom. The molecule has 0 aromatic carbocycles. The van der Waals surface area contributed by atoms with Crippen molar-refractivity contribution in [2.45, 2.75) is 58.8 Å². The smallest absolute Gasteiger partial charge is 0.321 e. The molecule has 0 aromatic rings. The van der Waals surface area contributed by atoms with Gasteiger partial charge in [0.15, 0.2) is 0 Å². The molecular weight excluding hydrogens is 228 g/mol. The Kier molecular flexibility index (Phi) is 8.25. The number of carbonyl (C=O) groups excluding carboxylic acids is 1. The molecule has 0 atom stereocenters. The van der Waals surface area contributed by atoms with E-state index in [1.54, 1.807) is 6.92 Å². The van der Waals surface area contributed by atoms with Gasteiger partial charge in [-0.05, 0) is 6.42 Å². The molecule has 0 aliphatic carbocycles. The second-order valence-electron chi connectivity index (χ2n) is 3.84. The van der Waals surface area contributed by atoms with E-state index in [4.69, 9.17) is 0 Å². The molecule has 5 heteroatoms. The molecule has 0 amide bonds. The largest absolute Gasteiger partial charge is 0.346 e. The lowest BCUT2D eigenvalue weighted by atomic mass is 10.1. The highest BCUT2D eigenvalue weighted by atomic mass is 32.2. The summed E-state index contributed by atoms with van der Waals surface area (Å²) in [6.45, 7) is 3.71. The van der Waals surface area contributed by atoms with Gasteiger partial charge in [-0.15, -0.1) is 0 Å². The Hall–Kier alpha value is -0.580. The van der Waals surface area contributed by atoms with Crippen molar-refractivity contribution in [1.82, 2.24) is 0 Å². The lowest BCUT2D eigenvalue weighted by Crippen LogP contribution is -2.15. The van der Waals surface area contributed by atoms with Crippen LogP contribution in [0.1, 0.15) is 58.8 Å². The van der Waals surface area contributed by atoms with Gasteiger partial charge in [-0.2, -0.15) is 8.42 Å². The topological polar surface area (TPSA) is 60.4 Å². The van der Waals surface area contributed by atoms with Crippen LogP contribution in [0.15, 0.2) is 0 Å². The van der Waals surface area contributed by atoms with Crippen molar-refractivity contribution in [3.05, 3.63) is 0 Å². The van der Waals surface area contributed by atoms with Crippen molar-refractivity contribution < 1.29 is 17.4 Å². The minimum atomic E-state index is -3.64. The van der Waals surface area contributed by atoms with E-state index in [2.05, 4.69) is 11.1 Å². The Balaban J connectivity index is 3.63. The summed E-state index contributed by atoms with van der Waals surface area (Å²) in [5.74, 6) is -0.726. The Bertz CT molecular complexity index is 282. The number of carbonyl (C=O) groups is 1. The zero-order chi connectivity index (χ0) is 12.4. The monoisotopic (exact) mass is 250 g/mol. The molecule has 0 aliphatic heterocycles.